The van der Waals surface area contributed by atoms with Crippen LogP contribution in [-0.4, -0.2) is 37.5 Å². The smallest absolute Gasteiger partial charge is 0.339 e. The summed E-state index contributed by atoms with van der Waals surface area (Å²) in [5, 5.41) is 0.853. The Labute approximate surface area is 192 Å². The van der Waals surface area contributed by atoms with E-state index in [1.165, 1.54) is 0 Å². The highest BCUT2D eigenvalue weighted by molar-refractivity contribution is 5.95. The number of aromatic amines is 1. The Kier molecular flexibility index (Phi) is 5.42. The molecular formula is C26H27N5O2. The molecule has 33 heavy (non-hydrogen) atoms. The molecule has 3 heterocycles. The fourth-order valence-electron chi connectivity index (χ4n) is 4.37. The topological polar surface area (TPSA) is 107 Å². The van der Waals surface area contributed by atoms with E-state index in [0.717, 1.165) is 64.9 Å². The molecule has 4 aromatic rings. The number of esters is 1. The molecule has 1 saturated carbocycles. The minimum absolute atomic E-state index is 0.0930. The van der Waals surface area contributed by atoms with E-state index < -0.39 is 0 Å². The Balaban J connectivity index is 1.41. The van der Waals surface area contributed by atoms with E-state index in [1.807, 2.05) is 49.4 Å². The molecule has 3 N–H and O–H groups in total. The van der Waals surface area contributed by atoms with Gasteiger partial charge in [0, 0.05) is 28.4 Å². The van der Waals surface area contributed by atoms with Gasteiger partial charge in [-0.3, -0.25) is 9.97 Å². The van der Waals surface area contributed by atoms with Gasteiger partial charge in [-0.2, -0.15) is 0 Å². The zero-order chi connectivity index (χ0) is 23.0. The predicted molar refractivity (Wildman–Crippen MR) is 128 cm³/mol. The molecule has 0 amide bonds. The normalized spacial score (nSPS) is 20.6. The number of H-pyrrole nitrogens is 1. The van der Waals surface area contributed by atoms with Gasteiger partial charge in [0.1, 0.15) is 6.10 Å². The Morgan fingerprint density at radius 3 is 2.76 bits per heavy atom. The van der Waals surface area contributed by atoms with Crippen LogP contribution in [0, 0.1) is 6.92 Å². The van der Waals surface area contributed by atoms with Gasteiger partial charge in [-0.25, -0.2) is 9.78 Å². The van der Waals surface area contributed by atoms with Crippen LogP contribution >= 0.6 is 0 Å². The maximum absolute atomic E-state index is 12.8. The van der Waals surface area contributed by atoms with Crippen molar-refractivity contribution in [3.8, 4) is 22.6 Å². The summed E-state index contributed by atoms with van der Waals surface area (Å²) in [6.07, 6.45) is 6.44. The van der Waals surface area contributed by atoms with Crippen LogP contribution in [0.4, 0.5) is 0 Å². The molecule has 7 nitrogen and oxygen atoms in total. The maximum Gasteiger partial charge on any atom is 0.339 e. The van der Waals surface area contributed by atoms with E-state index in [9.17, 15) is 4.79 Å². The van der Waals surface area contributed by atoms with Gasteiger partial charge in [0.15, 0.2) is 0 Å². The van der Waals surface area contributed by atoms with Crippen molar-refractivity contribution in [1.82, 2.24) is 19.9 Å². The summed E-state index contributed by atoms with van der Waals surface area (Å²) in [6.45, 7) is 4.01. The second-order valence-corrected chi connectivity index (χ2v) is 9.18. The van der Waals surface area contributed by atoms with E-state index in [2.05, 4.69) is 26.9 Å². The molecule has 0 atom stereocenters. The van der Waals surface area contributed by atoms with Crippen LogP contribution in [0.2, 0.25) is 0 Å². The molecule has 0 bridgehead atoms. The lowest BCUT2D eigenvalue weighted by molar-refractivity contribution is 0.0152. The monoisotopic (exact) mass is 441 g/mol. The Hall–Kier alpha value is -3.58. The summed E-state index contributed by atoms with van der Waals surface area (Å²) in [5.41, 5.74) is 11.6. The standard InChI is InChI=1S/C26H27N5O2/c1-16-4-3-5-22(31-16)24-23(29-15-30-24)17-6-7-21-18(12-17)13-19(14-28-21)25(32)33-20-8-10-26(2,27)11-9-20/h3-7,12-15,20H,8-11,27H2,1-2H3,(H,29,30). The highest BCUT2D eigenvalue weighted by atomic mass is 16.5. The van der Waals surface area contributed by atoms with Gasteiger partial charge in [0.25, 0.3) is 0 Å². The van der Waals surface area contributed by atoms with Crippen molar-refractivity contribution in [3.63, 3.8) is 0 Å². The molecule has 7 heteroatoms. The quantitative estimate of drug-likeness (QED) is 0.440. The zero-order valence-electron chi connectivity index (χ0n) is 18.8. The van der Waals surface area contributed by atoms with Crippen LogP contribution < -0.4 is 5.73 Å². The van der Waals surface area contributed by atoms with E-state index >= 15 is 0 Å². The molecule has 5 rings (SSSR count). The number of hydrogen-bond donors (Lipinski definition) is 2. The highest BCUT2D eigenvalue weighted by Crippen LogP contribution is 2.31. The van der Waals surface area contributed by atoms with Crippen LogP contribution in [0.15, 0.2) is 55.0 Å². The second-order valence-electron chi connectivity index (χ2n) is 9.18. The maximum atomic E-state index is 12.8. The Morgan fingerprint density at radius 1 is 1.15 bits per heavy atom. The van der Waals surface area contributed by atoms with Gasteiger partial charge >= 0.3 is 5.97 Å². The number of nitrogens with one attached hydrogen (secondary N) is 1. The first-order valence-electron chi connectivity index (χ1n) is 11.3. The average molecular weight is 442 g/mol. The van der Waals surface area contributed by atoms with Crippen LogP contribution in [0.1, 0.15) is 48.7 Å². The van der Waals surface area contributed by atoms with E-state index in [1.54, 1.807) is 12.5 Å². The molecule has 0 aliphatic heterocycles. The summed E-state index contributed by atoms with van der Waals surface area (Å²) >= 11 is 0. The number of carbonyl (C=O) groups is 1. The number of fused-ring (bicyclic) bond motifs is 1. The van der Waals surface area contributed by atoms with E-state index in [4.69, 9.17) is 10.5 Å². The number of nitrogens with two attached hydrogens (primary N) is 1. The van der Waals surface area contributed by atoms with Crippen molar-refractivity contribution in [3.05, 3.63) is 66.2 Å². The van der Waals surface area contributed by atoms with Gasteiger partial charge in [-0.1, -0.05) is 12.1 Å². The number of hydrogen-bond acceptors (Lipinski definition) is 6. The van der Waals surface area contributed by atoms with Gasteiger partial charge in [-0.05, 0) is 69.9 Å². The lowest BCUT2D eigenvalue weighted by Gasteiger charge is -2.33. The molecule has 1 aromatic carbocycles. The van der Waals surface area contributed by atoms with Crippen molar-refractivity contribution in [1.29, 1.82) is 0 Å². The van der Waals surface area contributed by atoms with Gasteiger partial charge in [0.2, 0.25) is 0 Å². The first-order valence-corrected chi connectivity index (χ1v) is 11.3. The molecule has 3 aromatic heterocycles. The molecule has 0 unspecified atom stereocenters. The summed E-state index contributed by atoms with van der Waals surface area (Å²) in [6, 6.07) is 13.6. The first-order chi connectivity index (χ1) is 15.9. The summed E-state index contributed by atoms with van der Waals surface area (Å²) in [4.78, 5) is 29.6. The zero-order valence-corrected chi connectivity index (χ0v) is 18.8. The lowest BCUT2D eigenvalue weighted by atomic mass is 9.83. The molecule has 1 aliphatic carbocycles. The minimum Gasteiger partial charge on any atom is -0.459 e. The summed E-state index contributed by atoms with van der Waals surface area (Å²) in [5.74, 6) is -0.343. The number of pyridine rings is 2. The van der Waals surface area contributed by atoms with Crippen molar-refractivity contribution in [2.75, 3.05) is 0 Å². The van der Waals surface area contributed by atoms with Crippen molar-refractivity contribution in [2.24, 2.45) is 5.73 Å². The fourth-order valence-corrected chi connectivity index (χ4v) is 4.37. The molecule has 1 aliphatic rings. The van der Waals surface area contributed by atoms with Crippen LogP contribution in [0.3, 0.4) is 0 Å². The molecule has 168 valence electrons. The number of ether oxygens (including phenoxy) is 1. The van der Waals surface area contributed by atoms with Gasteiger partial charge in [-0.15, -0.1) is 0 Å². The van der Waals surface area contributed by atoms with Crippen LogP contribution in [-0.2, 0) is 4.74 Å². The minimum atomic E-state index is -0.343. The van der Waals surface area contributed by atoms with Gasteiger partial charge in [0.05, 0.1) is 34.5 Å². The number of rotatable bonds is 4. The third-order valence-electron chi connectivity index (χ3n) is 6.32. The van der Waals surface area contributed by atoms with Crippen molar-refractivity contribution < 1.29 is 9.53 Å². The van der Waals surface area contributed by atoms with Crippen LogP contribution in [0.5, 0.6) is 0 Å². The van der Waals surface area contributed by atoms with Gasteiger partial charge < -0.3 is 15.5 Å². The number of imidazole rings is 1. The van der Waals surface area contributed by atoms with E-state index in [-0.39, 0.29) is 17.6 Å². The predicted octanol–water partition coefficient (Wildman–Crippen LogP) is 4.81. The fraction of sp³-hybridized carbons (Fsp3) is 0.308. The summed E-state index contributed by atoms with van der Waals surface area (Å²) in [7, 11) is 0. The number of benzene rings is 1. The molecule has 0 radical (unpaired) electrons. The SMILES string of the molecule is Cc1cccc(-c2[nH]cnc2-c2ccc3ncc(C(=O)OC4CCC(C)(N)CC4)cc3c2)n1. The third kappa shape index (κ3) is 4.50. The molecule has 0 saturated heterocycles. The second kappa shape index (κ2) is 8.41. The van der Waals surface area contributed by atoms with E-state index in [0.29, 0.717) is 5.56 Å². The Morgan fingerprint density at radius 2 is 1.97 bits per heavy atom. The van der Waals surface area contributed by atoms with Crippen molar-refractivity contribution in [2.45, 2.75) is 51.2 Å². The molecule has 0 spiro atoms. The van der Waals surface area contributed by atoms with Crippen LogP contribution in [0.25, 0.3) is 33.5 Å². The lowest BCUT2D eigenvalue weighted by Crippen LogP contribution is -2.42. The average Bonchev–Trinajstić information content (AvgIpc) is 3.30. The Bertz CT molecular complexity index is 1320. The first kappa shape index (κ1) is 21.3. The number of aromatic nitrogens is 4. The number of carbonyl (C=O) groups excluding carboxylic acids is 1. The number of nitrogens with zero attached hydrogens (tertiary/aromatic N) is 3. The largest absolute Gasteiger partial charge is 0.459 e. The third-order valence-corrected chi connectivity index (χ3v) is 6.32. The molecule has 1 fully saturated rings. The molecular weight excluding hydrogens is 414 g/mol. The highest BCUT2D eigenvalue weighted by Gasteiger charge is 2.29. The number of aryl methyl sites for hydroxylation is 1. The van der Waals surface area contributed by atoms with Crippen molar-refractivity contribution >= 4 is 16.9 Å². The summed E-state index contributed by atoms with van der Waals surface area (Å²) < 4.78 is 5.75.